The van der Waals surface area contributed by atoms with Crippen molar-refractivity contribution in [2.24, 2.45) is 0 Å². The highest BCUT2D eigenvalue weighted by Crippen LogP contribution is 2.22. The second kappa shape index (κ2) is 8.12. The molecule has 0 aliphatic rings. The fourth-order valence-corrected chi connectivity index (χ4v) is 2.05. The highest BCUT2D eigenvalue weighted by Gasteiger charge is 2.12. The molecular formula is C16H28N2O2. The van der Waals surface area contributed by atoms with Gasteiger partial charge in [-0.3, -0.25) is 0 Å². The first kappa shape index (κ1) is 16.8. The summed E-state index contributed by atoms with van der Waals surface area (Å²) < 4.78 is 11.2. The first-order valence-corrected chi connectivity index (χ1v) is 7.30. The molecule has 4 nitrogen and oxygen atoms in total. The topological polar surface area (TPSA) is 24.9 Å². The van der Waals surface area contributed by atoms with Gasteiger partial charge in [-0.25, -0.2) is 0 Å². The van der Waals surface area contributed by atoms with Crippen molar-refractivity contribution < 1.29 is 9.47 Å². The van der Waals surface area contributed by atoms with Gasteiger partial charge in [0.2, 0.25) is 0 Å². The van der Waals surface area contributed by atoms with Crippen LogP contribution in [0.5, 0.6) is 0 Å². The Labute approximate surface area is 123 Å². The molecule has 0 bridgehead atoms. The standard InChI is InChI=1S/C16H28N2O2/c1-7-19-13(3)17(5)15-9-11-16(12-10-15)18(6)14(4)20-8-2/h9-14H,7-8H2,1-6H3. The fourth-order valence-electron chi connectivity index (χ4n) is 2.05. The maximum absolute atomic E-state index is 5.60. The summed E-state index contributed by atoms with van der Waals surface area (Å²) in [7, 11) is 4.09. The van der Waals surface area contributed by atoms with Gasteiger partial charge in [-0.2, -0.15) is 0 Å². The van der Waals surface area contributed by atoms with Crippen LogP contribution in [-0.4, -0.2) is 39.8 Å². The van der Waals surface area contributed by atoms with E-state index in [2.05, 4.69) is 47.9 Å². The number of hydrogen-bond donors (Lipinski definition) is 0. The molecule has 0 aliphatic heterocycles. The van der Waals surface area contributed by atoms with E-state index < -0.39 is 0 Å². The van der Waals surface area contributed by atoms with Crippen molar-refractivity contribution in [3.63, 3.8) is 0 Å². The Morgan fingerprint density at radius 1 is 0.800 bits per heavy atom. The monoisotopic (exact) mass is 280 g/mol. The quantitative estimate of drug-likeness (QED) is 0.682. The lowest BCUT2D eigenvalue weighted by Crippen LogP contribution is -2.32. The third kappa shape index (κ3) is 4.39. The third-order valence-corrected chi connectivity index (χ3v) is 3.57. The van der Waals surface area contributed by atoms with Crippen LogP contribution >= 0.6 is 0 Å². The maximum Gasteiger partial charge on any atom is 0.126 e. The van der Waals surface area contributed by atoms with Crippen LogP contribution in [0.1, 0.15) is 27.7 Å². The molecule has 0 radical (unpaired) electrons. The van der Waals surface area contributed by atoms with Gasteiger partial charge in [0.05, 0.1) is 0 Å². The number of ether oxygens (including phenoxy) is 2. The highest BCUT2D eigenvalue weighted by atomic mass is 16.5. The smallest absolute Gasteiger partial charge is 0.126 e. The van der Waals surface area contributed by atoms with Crippen molar-refractivity contribution in [3.8, 4) is 0 Å². The van der Waals surface area contributed by atoms with Gasteiger partial charge < -0.3 is 19.3 Å². The highest BCUT2D eigenvalue weighted by molar-refractivity contribution is 5.56. The molecule has 2 atom stereocenters. The van der Waals surface area contributed by atoms with Crippen LogP contribution in [-0.2, 0) is 9.47 Å². The number of rotatable bonds is 8. The van der Waals surface area contributed by atoms with E-state index in [1.165, 1.54) is 0 Å². The predicted molar refractivity (Wildman–Crippen MR) is 85.4 cm³/mol. The zero-order chi connectivity index (χ0) is 15.1. The molecule has 1 aromatic carbocycles. The summed E-state index contributed by atoms with van der Waals surface area (Å²) >= 11 is 0. The largest absolute Gasteiger partial charge is 0.359 e. The van der Waals surface area contributed by atoms with E-state index in [0.717, 1.165) is 24.6 Å². The molecule has 2 unspecified atom stereocenters. The summed E-state index contributed by atoms with van der Waals surface area (Å²) in [6.45, 7) is 9.58. The van der Waals surface area contributed by atoms with Crippen LogP contribution in [0.2, 0.25) is 0 Å². The Bertz CT molecular complexity index is 344. The molecule has 0 fully saturated rings. The third-order valence-electron chi connectivity index (χ3n) is 3.57. The summed E-state index contributed by atoms with van der Waals surface area (Å²) in [5.41, 5.74) is 2.29. The van der Waals surface area contributed by atoms with Crippen LogP contribution in [0.15, 0.2) is 24.3 Å². The molecule has 4 heteroatoms. The molecule has 0 aromatic heterocycles. The molecule has 0 heterocycles. The molecule has 20 heavy (non-hydrogen) atoms. The van der Waals surface area contributed by atoms with E-state index >= 15 is 0 Å². The Hall–Kier alpha value is -1.26. The minimum absolute atomic E-state index is 0.0749. The van der Waals surface area contributed by atoms with E-state index in [0.29, 0.717) is 0 Å². The van der Waals surface area contributed by atoms with Crippen molar-refractivity contribution in [2.45, 2.75) is 40.2 Å². The molecule has 0 amide bonds. The fraction of sp³-hybridized carbons (Fsp3) is 0.625. The molecule has 0 aliphatic carbocycles. The van der Waals surface area contributed by atoms with Crippen molar-refractivity contribution >= 4 is 11.4 Å². The van der Waals surface area contributed by atoms with Gasteiger partial charge in [-0.15, -0.1) is 0 Å². The Balaban J connectivity index is 2.73. The summed E-state index contributed by atoms with van der Waals surface area (Å²) in [5.74, 6) is 0. The van der Waals surface area contributed by atoms with Crippen molar-refractivity contribution in [1.29, 1.82) is 0 Å². The lowest BCUT2D eigenvalue weighted by Gasteiger charge is -2.29. The van der Waals surface area contributed by atoms with E-state index in [1.54, 1.807) is 0 Å². The van der Waals surface area contributed by atoms with Gasteiger partial charge in [-0.05, 0) is 52.0 Å². The Morgan fingerprint density at radius 2 is 1.10 bits per heavy atom. The van der Waals surface area contributed by atoms with E-state index in [1.807, 2.05) is 27.9 Å². The second-order valence-electron chi connectivity index (χ2n) is 4.85. The molecule has 0 saturated heterocycles. The number of benzene rings is 1. The summed E-state index contributed by atoms with van der Waals surface area (Å²) in [6, 6.07) is 8.44. The minimum atomic E-state index is 0.0749. The SMILES string of the molecule is CCOC(C)N(C)c1ccc(N(C)C(C)OCC)cc1. The molecule has 1 aromatic rings. The summed E-state index contributed by atoms with van der Waals surface area (Å²) in [5, 5.41) is 0. The van der Waals surface area contributed by atoms with Crippen LogP contribution in [0.25, 0.3) is 0 Å². The molecule has 0 N–H and O–H groups in total. The van der Waals surface area contributed by atoms with Crippen molar-refractivity contribution in [2.75, 3.05) is 37.1 Å². The first-order chi connectivity index (χ1) is 9.51. The molecule has 0 spiro atoms. The number of hydrogen-bond acceptors (Lipinski definition) is 4. The first-order valence-electron chi connectivity index (χ1n) is 7.30. The maximum atomic E-state index is 5.60. The molecule has 114 valence electrons. The molecular weight excluding hydrogens is 252 g/mol. The molecule has 1 rings (SSSR count). The molecule has 0 saturated carbocycles. The van der Waals surface area contributed by atoms with Gasteiger partial charge in [0.15, 0.2) is 0 Å². The second-order valence-corrected chi connectivity index (χ2v) is 4.85. The number of nitrogens with zero attached hydrogens (tertiary/aromatic N) is 2. The van der Waals surface area contributed by atoms with Crippen LogP contribution in [0.3, 0.4) is 0 Å². The predicted octanol–water partition coefficient (Wildman–Crippen LogP) is 3.32. The van der Waals surface area contributed by atoms with Crippen LogP contribution < -0.4 is 9.80 Å². The van der Waals surface area contributed by atoms with E-state index in [9.17, 15) is 0 Å². The lowest BCUT2D eigenvalue weighted by atomic mass is 10.2. The van der Waals surface area contributed by atoms with Gasteiger partial charge in [0.25, 0.3) is 0 Å². The zero-order valence-electron chi connectivity index (χ0n) is 13.6. The van der Waals surface area contributed by atoms with Gasteiger partial charge >= 0.3 is 0 Å². The number of anilines is 2. The van der Waals surface area contributed by atoms with E-state index in [-0.39, 0.29) is 12.5 Å². The van der Waals surface area contributed by atoms with Gasteiger partial charge in [0, 0.05) is 38.7 Å². The zero-order valence-corrected chi connectivity index (χ0v) is 13.6. The minimum Gasteiger partial charge on any atom is -0.359 e. The normalized spacial score (nSPS) is 13.9. The average molecular weight is 280 g/mol. The van der Waals surface area contributed by atoms with E-state index in [4.69, 9.17) is 9.47 Å². The summed E-state index contributed by atoms with van der Waals surface area (Å²) in [4.78, 5) is 4.25. The lowest BCUT2D eigenvalue weighted by molar-refractivity contribution is 0.0767. The Kier molecular flexibility index (Phi) is 6.82. The Morgan fingerprint density at radius 3 is 1.35 bits per heavy atom. The average Bonchev–Trinajstić information content (AvgIpc) is 2.46. The van der Waals surface area contributed by atoms with Crippen LogP contribution in [0, 0.1) is 0 Å². The van der Waals surface area contributed by atoms with Crippen molar-refractivity contribution in [3.05, 3.63) is 24.3 Å². The summed E-state index contributed by atoms with van der Waals surface area (Å²) in [6.07, 6.45) is 0.150. The van der Waals surface area contributed by atoms with Gasteiger partial charge in [0.1, 0.15) is 12.5 Å². The van der Waals surface area contributed by atoms with Crippen LogP contribution in [0.4, 0.5) is 11.4 Å². The van der Waals surface area contributed by atoms with Gasteiger partial charge in [-0.1, -0.05) is 0 Å². The van der Waals surface area contributed by atoms with Crippen molar-refractivity contribution in [1.82, 2.24) is 0 Å².